The molecule has 3 heterocycles. The van der Waals surface area contributed by atoms with Gasteiger partial charge < -0.3 is 15.4 Å². The maximum atomic E-state index is 12.3. The lowest BCUT2D eigenvalue weighted by atomic mass is 10.1. The van der Waals surface area contributed by atoms with E-state index in [1.807, 2.05) is 59.3 Å². The second-order valence-electron chi connectivity index (χ2n) is 8.42. The van der Waals surface area contributed by atoms with Crippen LogP contribution in [0.4, 0.5) is 10.3 Å². The van der Waals surface area contributed by atoms with Crippen molar-refractivity contribution in [2.45, 2.75) is 18.9 Å². The highest BCUT2D eigenvalue weighted by Crippen LogP contribution is 2.35. The maximum absolute atomic E-state index is 12.3. The fraction of sp³-hybridized carbons (Fsp3) is 0.231. The lowest BCUT2D eigenvalue weighted by Crippen LogP contribution is -2.38. The Hall–Kier alpha value is -4.31. The van der Waals surface area contributed by atoms with Crippen LogP contribution in [0.5, 0.6) is 11.5 Å². The number of fused-ring (bicyclic) bond motifs is 1. The average molecular weight is 489 g/mol. The van der Waals surface area contributed by atoms with Gasteiger partial charge in [0.25, 0.3) is 0 Å². The Morgan fingerprint density at radius 1 is 1.06 bits per heavy atom. The molecule has 1 saturated heterocycles. The first kappa shape index (κ1) is 23.4. The molecule has 2 aromatic heterocycles. The molecule has 0 radical (unpaired) electrons. The number of ether oxygens (including phenoxy) is 1. The summed E-state index contributed by atoms with van der Waals surface area (Å²) < 4.78 is 19.6. The zero-order valence-corrected chi connectivity index (χ0v) is 19.5. The number of benzene rings is 2. The highest BCUT2D eigenvalue weighted by atomic mass is 19.3. The quantitative estimate of drug-likeness (QED) is 0.382. The van der Waals surface area contributed by atoms with E-state index in [1.54, 1.807) is 4.90 Å². The summed E-state index contributed by atoms with van der Waals surface area (Å²) in [5.41, 5.74) is 8.49. The van der Waals surface area contributed by atoms with E-state index in [-0.39, 0.29) is 18.6 Å². The van der Waals surface area contributed by atoms with E-state index >= 15 is 0 Å². The third-order valence-corrected chi connectivity index (χ3v) is 6.17. The Balaban J connectivity index is 1.38. The molecule has 0 unspecified atom stereocenters. The number of carbonyl (C=O) groups excluding carboxylic acids is 1. The number of nitrogens with two attached hydrogens (primary N) is 1. The van der Waals surface area contributed by atoms with Gasteiger partial charge in [0.05, 0.1) is 11.4 Å². The van der Waals surface area contributed by atoms with Crippen molar-refractivity contribution in [1.29, 1.82) is 0 Å². The topological polar surface area (TPSA) is 108 Å². The summed E-state index contributed by atoms with van der Waals surface area (Å²) in [6.45, 7) is 0.852. The first-order valence-corrected chi connectivity index (χ1v) is 11.6. The van der Waals surface area contributed by atoms with Crippen LogP contribution in [0.25, 0.3) is 22.3 Å². The van der Waals surface area contributed by atoms with Crippen molar-refractivity contribution in [3.63, 3.8) is 0 Å². The molecule has 0 spiro atoms. The third-order valence-electron chi connectivity index (χ3n) is 6.17. The number of para-hydroxylation sites is 1. The molecular weight excluding hydrogens is 463 g/mol. The normalized spacial score (nSPS) is 14.5. The SMILES string of the molecule is Nc1ncnc2c1c(-c1ccc(Oc3ccccc3)cc1)nn2C1CCN(C(=O)/C=C/COF)CC1. The van der Waals surface area contributed by atoms with E-state index in [4.69, 9.17) is 15.6 Å². The Bertz CT molecular complexity index is 1370. The van der Waals surface area contributed by atoms with Gasteiger partial charge in [-0.15, -0.1) is 0 Å². The molecular formula is C26H25FN6O3. The highest BCUT2D eigenvalue weighted by Gasteiger charge is 2.27. The molecule has 1 amide bonds. The van der Waals surface area contributed by atoms with E-state index in [0.29, 0.717) is 54.2 Å². The summed E-state index contributed by atoms with van der Waals surface area (Å²) in [4.78, 5) is 26.2. The molecule has 4 aromatic rings. The molecule has 0 atom stereocenters. The summed E-state index contributed by atoms with van der Waals surface area (Å²) >= 11 is 0. The van der Waals surface area contributed by atoms with Gasteiger partial charge in [0.2, 0.25) is 5.91 Å². The molecule has 5 rings (SSSR count). The predicted molar refractivity (Wildman–Crippen MR) is 133 cm³/mol. The van der Waals surface area contributed by atoms with Crippen LogP contribution in [0.1, 0.15) is 18.9 Å². The minimum Gasteiger partial charge on any atom is -0.457 e. The Labute approximate surface area is 206 Å². The van der Waals surface area contributed by atoms with Crippen LogP contribution in [0, 0.1) is 0 Å². The molecule has 36 heavy (non-hydrogen) atoms. The summed E-state index contributed by atoms with van der Waals surface area (Å²) in [5, 5.41) is 5.60. The standard InChI is InChI=1S/C26H25FN6O3/c27-35-16-4-7-22(34)32-14-12-19(13-15-32)33-26-23(25(28)29-17-30-26)24(31-33)18-8-10-21(11-9-18)36-20-5-2-1-3-6-20/h1-11,17,19H,12-16H2,(H2,28,29,30)/b7-4+. The highest BCUT2D eigenvalue weighted by molar-refractivity contribution is 5.98. The van der Waals surface area contributed by atoms with Crippen LogP contribution in [-0.2, 0) is 9.74 Å². The van der Waals surface area contributed by atoms with E-state index in [0.717, 1.165) is 11.3 Å². The van der Waals surface area contributed by atoms with E-state index in [9.17, 15) is 9.32 Å². The largest absolute Gasteiger partial charge is 0.457 e. The predicted octanol–water partition coefficient (Wildman–Crippen LogP) is 4.49. The fourth-order valence-electron chi connectivity index (χ4n) is 4.38. The molecule has 2 aromatic carbocycles. The van der Waals surface area contributed by atoms with E-state index in [1.165, 1.54) is 18.5 Å². The van der Waals surface area contributed by atoms with Gasteiger partial charge in [-0.05, 0) is 53.8 Å². The number of rotatable bonds is 7. The minimum absolute atomic E-state index is 0.0402. The van der Waals surface area contributed by atoms with Gasteiger partial charge >= 0.3 is 0 Å². The van der Waals surface area contributed by atoms with Crippen molar-refractivity contribution >= 4 is 22.8 Å². The van der Waals surface area contributed by atoms with Crippen LogP contribution in [0.15, 0.2) is 73.1 Å². The number of nitrogen functional groups attached to an aromatic ring is 1. The summed E-state index contributed by atoms with van der Waals surface area (Å²) in [7, 11) is 0. The number of halogens is 1. The first-order valence-electron chi connectivity index (χ1n) is 11.6. The van der Waals surface area contributed by atoms with Gasteiger partial charge in [-0.3, -0.25) is 4.79 Å². The third kappa shape index (κ3) is 4.89. The van der Waals surface area contributed by atoms with Crippen LogP contribution < -0.4 is 10.5 Å². The summed E-state index contributed by atoms with van der Waals surface area (Å²) in [5.74, 6) is 1.66. The summed E-state index contributed by atoms with van der Waals surface area (Å²) in [6.07, 6.45) is 5.52. The van der Waals surface area contributed by atoms with Crippen LogP contribution in [0.2, 0.25) is 0 Å². The number of carbonyl (C=O) groups is 1. The number of likely N-dealkylation sites (tertiary alicyclic amines) is 1. The van der Waals surface area contributed by atoms with Crippen molar-refractivity contribution in [2.75, 3.05) is 25.4 Å². The first-order chi connectivity index (χ1) is 17.6. The molecule has 9 nitrogen and oxygen atoms in total. The fourth-order valence-corrected chi connectivity index (χ4v) is 4.38. The second-order valence-corrected chi connectivity index (χ2v) is 8.42. The Morgan fingerprint density at radius 3 is 2.50 bits per heavy atom. The van der Waals surface area contributed by atoms with Crippen molar-refractivity contribution in [3.8, 4) is 22.8 Å². The van der Waals surface area contributed by atoms with Crippen LogP contribution in [0.3, 0.4) is 0 Å². The van der Waals surface area contributed by atoms with Gasteiger partial charge in [0.15, 0.2) is 5.65 Å². The number of amides is 1. The Kier molecular flexibility index (Phi) is 6.85. The van der Waals surface area contributed by atoms with Gasteiger partial charge in [-0.1, -0.05) is 24.3 Å². The number of nitrogens with zero attached hydrogens (tertiary/aromatic N) is 5. The number of hydrogen-bond donors (Lipinski definition) is 1. The summed E-state index contributed by atoms with van der Waals surface area (Å²) in [6, 6.07) is 17.3. The molecule has 10 heteroatoms. The monoisotopic (exact) mass is 488 g/mol. The lowest BCUT2D eigenvalue weighted by Gasteiger charge is -2.31. The van der Waals surface area contributed by atoms with Gasteiger partial charge in [-0.25, -0.2) is 14.6 Å². The van der Waals surface area contributed by atoms with E-state index in [2.05, 4.69) is 14.9 Å². The van der Waals surface area contributed by atoms with Crippen molar-refractivity contribution in [1.82, 2.24) is 24.6 Å². The van der Waals surface area contributed by atoms with Crippen molar-refractivity contribution < 1.29 is 19.0 Å². The van der Waals surface area contributed by atoms with Crippen molar-refractivity contribution in [3.05, 3.63) is 73.1 Å². The van der Waals surface area contributed by atoms with Crippen LogP contribution >= 0.6 is 0 Å². The van der Waals surface area contributed by atoms with E-state index < -0.39 is 0 Å². The molecule has 1 aliphatic heterocycles. The average Bonchev–Trinajstić information content (AvgIpc) is 3.31. The molecule has 184 valence electrons. The zero-order valence-electron chi connectivity index (χ0n) is 19.5. The Morgan fingerprint density at radius 2 is 1.78 bits per heavy atom. The molecule has 2 N–H and O–H groups in total. The molecule has 0 saturated carbocycles. The second kappa shape index (κ2) is 10.5. The van der Waals surface area contributed by atoms with Gasteiger partial charge in [-0.2, -0.15) is 10.0 Å². The maximum Gasteiger partial charge on any atom is 0.246 e. The number of piperidine rings is 1. The molecule has 0 aliphatic carbocycles. The van der Waals surface area contributed by atoms with Crippen LogP contribution in [-0.4, -0.2) is 50.3 Å². The molecule has 1 aliphatic rings. The molecule has 1 fully saturated rings. The molecule has 0 bridgehead atoms. The lowest BCUT2D eigenvalue weighted by molar-refractivity contribution is -0.128. The zero-order chi connectivity index (χ0) is 24.9. The number of hydrogen-bond acceptors (Lipinski definition) is 7. The van der Waals surface area contributed by atoms with Gasteiger partial charge in [0, 0.05) is 24.7 Å². The number of aromatic nitrogens is 4. The smallest absolute Gasteiger partial charge is 0.246 e. The number of anilines is 1. The minimum atomic E-state index is -0.245. The van der Waals surface area contributed by atoms with Crippen molar-refractivity contribution in [2.24, 2.45) is 0 Å². The van der Waals surface area contributed by atoms with Gasteiger partial charge in [0.1, 0.15) is 35.9 Å².